The van der Waals surface area contributed by atoms with Gasteiger partial charge in [-0.15, -0.1) is 0 Å². The number of hydrogen-bond acceptors (Lipinski definition) is 5. The van der Waals surface area contributed by atoms with Crippen LogP contribution in [-0.2, 0) is 4.57 Å². The molecule has 0 fully saturated rings. The topological polar surface area (TPSA) is 69.7 Å². The van der Waals surface area contributed by atoms with Crippen LogP contribution in [0.15, 0.2) is 54.6 Å². The molecule has 0 spiro atoms. The zero-order valence-electron chi connectivity index (χ0n) is 18.2. The summed E-state index contributed by atoms with van der Waals surface area (Å²) in [6, 6.07) is 15.3. The van der Waals surface area contributed by atoms with Crippen LogP contribution in [-0.4, -0.2) is 25.5 Å². The molecule has 0 aliphatic heterocycles. The molecule has 0 saturated heterocycles. The molecule has 0 saturated carbocycles. The molecule has 0 aliphatic carbocycles. The van der Waals surface area contributed by atoms with Gasteiger partial charge in [0.25, 0.3) is 0 Å². The molecule has 3 rings (SSSR count). The van der Waals surface area contributed by atoms with Gasteiger partial charge in [-0.1, -0.05) is 40.5 Å². The maximum absolute atomic E-state index is 13.4. The van der Waals surface area contributed by atoms with E-state index >= 15 is 0 Å². The Balaban J connectivity index is 2.11. The molecule has 0 aromatic heterocycles. The van der Waals surface area contributed by atoms with Crippen LogP contribution in [0.2, 0.25) is 0 Å². The summed E-state index contributed by atoms with van der Waals surface area (Å²) in [4.78, 5) is 26.7. The molecule has 0 radical (unpaired) electrons. The van der Waals surface area contributed by atoms with Crippen molar-refractivity contribution in [2.24, 2.45) is 0 Å². The van der Waals surface area contributed by atoms with E-state index in [0.717, 1.165) is 16.7 Å². The Kier molecular flexibility index (Phi) is 6.67. The normalized spacial score (nSPS) is 11.1. The van der Waals surface area contributed by atoms with Gasteiger partial charge in [-0.05, 0) is 56.2 Å². The van der Waals surface area contributed by atoms with E-state index in [9.17, 15) is 14.2 Å². The minimum Gasteiger partial charge on any atom is -0.496 e. The van der Waals surface area contributed by atoms with Crippen molar-refractivity contribution in [3.05, 3.63) is 88.0 Å². The fourth-order valence-corrected chi connectivity index (χ4v) is 5.05. The summed E-state index contributed by atoms with van der Waals surface area (Å²) >= 11 is 0. The fraction of sp³-hybridized carbons (Fsp3) is 0.200. The number of benzene rings is 3. The van der Waals surface area contributed by atoms with Crippen molar-refractivity contribution < 1.29 is 23.6 Å². The molecule has 158 valence electrons. The molecule has 0 amide bonds. The van der Waals surface area contributed by atoms with Gasteiger partial charge in [-0.3, -0.25) is 4.79 Å². The van der Waals surface area contributed by atoms with Gasteiger partial charge in [0.2, 0.25) is 5.30 Å². The molecular weight excluding hydrogens is 411 g/mol. The first-order valence-corrected chi connectivity index (χ1v) is 11.0. The van der Waals surface area contributed by atoms with Gasteiger partial charge in [-0.25, -0.2) is 4.79 Å². The molecule has 0 N–H and O–H groups in total. The molecule has 6 heteroatoms. The summed E-state index contributed by atoms with van der Waals surface area (Å²) < 4.78 is 24.0. The summed E-state index contributed by atoms with van der Waals surface area (Å²) in [5.74, 6) is 0.275. The second-order valence-electron chi connectivity index (χ2n) is 7.26. The number of carbonyl (C=O) groups is 2. The van der Waals surface area contributed by atoms with E-state index in [-0.39, 0.29) is 33.7 Å². The van der Waals surface area contributed by atoms with Crippen LogP contribution in [0.25, 0.3) is 0 Å². The van der Waals surface area contributed by atoms with Gasteiger partial charge in [0.1, 0.15) is 11.5 Å². The van der Waals surface area contributed by atoms with Gasteiger partial charge in [0.05, 0.1) is 19.8 Å². The smallest absolute Gasteiger partial charge is 0.459 e. The van der Waals surface area contributed by atoms with Crippen LogP contribution in [0.3, 0.4) is 0 Å². The minimum absolute atomic E-state index is 0.0959. The van der Waals surface area contributed by atoms with E-state index in [1.807, 2.05) is 32.9 Å². The Labute approximate surface area is 182 Å². The lowest BCUT2D eigenvalue weighted by Crippen LogP contribution is -2.18. The minimum atomic E-state index is -2.60. The summed E-state index contributed by atoms with van der Waals surface area (Å²) in [5.41, 5.74) is 2.99. The third kappa shape index (κ3) is 4.28. The van der Waals surface area contributed by atoms with Gasteiger partial charge in [0.15, 0.2) is 11.3 Å². The Morgan fingerprint density at radius 3 is 1.87 bits per heavy atom. The Bertz CT molecular complexity index is 1150. The van der Waals surface area contributed by atoms with Crippen molar-refractivity contribution in [1.29, 1.82) is 0 Å². The van der Waals surface area contributed by atoms with E-state index < -0.39 is 13.3 Å². The van der Waals surface area contributed by atoms with Gasteiger partial charge in [0, 0.05) is 5.56 Å². The summed E-state index contributed by atoms with van der Waals surface area (Å²) in [6.07, 6.45) is 0. The number of hydrogen-bond donors (Lipinski definition) is 0. The first-order chi connectivity index (χ1) is 14.8. The highest BCUT2D eigenvalue weighted by atomic mass is 31.1. The van der Waals surface area contributed by atoms with Crippen LogP contribution in [0.5, 0.6) is 11.5 Å². The molecule has 5 nitrogen and oxygen atoms in total. The largest absolute Gasteiger partial charge is 0.496 e. The van der Waals surface area contributed by atoms with Crippen molar-refractivity contribution in [3.63, 3.8) is 0 Å². The Hall–Kier alpha value is -3.30. The standard InChI is InChI=1S/C25H24O5P/c1-15-13-16(2)22(17(3)14-15)24(26)18-9-6-7-12-21(18)31(28)25(27)23-19(29-4)10-8-11-20(23)30-5/h6-14H,1-5H3/q+1. The van der Waals surface area contributed by atoms with Gasteiger partial charge < -0.3 is 9.47 Å². The predicted molar refractivity (Wildman–Crippen MR) is 122 cm³/mol. The van der Waals surface area contributed by atoms with E-state index in [2.05, 4.69) is 0 Å². The van der Waals surface area contributed by atoms with Gasteiger partial charge in [-0.2, -0.15) is 0 Å². The monoisotopic (exact) mass is 435 g/mol. The summed E-state index contributed by atoms with van der Waals surface area (Å²) in [6.45, 7) is 5.72. The van der Waals surface area contributed by atoms with Crippen molar-refractivity contribution in [1.82, 2.24) is 0 Å². The molecule has 0 bridgehead atoms. The second-order valence-corrected chi connectivity index (χ2v) is 8.73. The first-order valence-electron chi connectivity index (χ1n) is 9.74. The fourth-order valence-electron chi connectivity index (χ4n) is 3.79. The zero-order chi connectivity index (χ0) is 22.7. The van der Waals surface area contributed by atoms with E-state index in [4.69, 9.17) is 9.47 Å². The van der Waals surface area contributed by atoms with E-state index in [1.54, 1.807) is 42.5 Å². The van der Waals surface area contributed by atoms with Crippen molar-refractivity contribution >= 4 is 24.4 Å². The van der Waals surface area contributed by atoms with Crippen molar-refractivity contribution in [3.8, 4) is 11.5 Å². The highest BCUT2D eigenvalue weighted by Crippen LogP contribution is 2.38. The molecule has 31 heavy (non-hydrogen) atoms. The number of aryl methyl sites for hydroxylation is 3. The first kappa shape index (κ1) is 22.4. The average Bonchev–Trinajstić information content (AvgIpc) is 2.76. The number of ether oxygens (including phenoxy) is 2. The number of methoxy groups -OCH3 is 2. The zero-order valence-corrected chi connectivity index (χ0v) is 19.1. The van der Waals surface area contributed by atoms with Crippen LogP contribution in [0, 0.1) is 20.8 Å². The Morgan fingerprint density at radius 1 is 0.774 bits per heavy atom. The molecule has 0 heterocycles. The summed E-state index contributed by atoms with van der Waals surface area (Å²) in [7, 11) is 0.263. The lowest BCUT2D eigenvalue weighted by molar-refractivity contribution is 0.103. The third-order valence-corrected chi connectivity index (χ3v) is 6.52. The lowest BCUT2D eigenvalue weighted by Gasteiger charge is -2.11. The highest BCUT2D eigenvalue weighted by Gasteiger charge is 2.40. The maximum atomic E-state index is 13.4. The number of ketones is 1. The van der Waals surface area contributed by atoms with E-state index in [1.165, 1.54) is 14.2 Å². The molecule has 1 unspecified atom stereocenters. The molecular formula is C25H24O5P+. The molecule has 3 aromatic carbocycles. The average molecular weight is 435 g/mol. The SMILES string of the molecule is COc1cccc(OC)c1C(=O)[P+](=O)c1ccccc1C(=O)c1c(C)cc(C)cc1C. The maximum Gasteiger partial charge on any atom is 0.459 e. The molecule has 3 aromatic rings. The Morgan fingerprint density at radius 2 is 1.32 bits per heavy atom. The van der Waals surface area contributed by atoms with Crippen LogP contribution < -0.4 is 14.8 Å². The van der Waals surface area contributed by atoms with E-state index in [0.29, 0.717) is 5.56 Å². The van der Waals surface area contributed by atoms with Crippen LogP contribution in [0.1, 0.15) is 43.0 Å². The predicted octanol–water partition coefficient (Wildman–Crippen LogP) is 5.15. The molecule has 1 atom stereocenters. The second kappa shape index (κ2) is 9.23. The van der Waals surface area contributed by atoms with Crippen LogP contribution >= 0.6 is 7.80 Å². The quantitative estimate of drug-likeness (QED) is 0.379. The number of rotatable bonds is 7. The highest BCUT2D eigenvalue weighted by molar-refractivity contribution is 7.71. The third-order valence-electron chi connectivity index (χ3n) is 5.10. The molecule has 0 aliphatic rings. The lowest BCUT2D eigenvalue weighted by atomic mass is 9.93. The van der Waals surface area contributed by atoms with Crippen molar-refractivity contribution in [2.45, 2.75) is 20.8 Å². The van der Waals surface area contributed by atoms with Crippen LogP contribution in [0.4, 0.5) is 0 Å². The summed E-state index contributed by atoms with van der Waals surface area (Å²) in [5, 5.41) is 0.194. The van der Waals surface area contributed by atoms with Gasteiger partial charge >= 0.3 is 13.3 Å². The number of carbonyl (C=O) groups excluding carboxylic acids is 2. The van der Waals surface area contributed by atoms with Crippen molar-refractivity contribution in [2.75, 3.05) is 14.2 Å².